The molecular weight excluding hydrogens is 410 g/mol. The summed E-state index contributed by atoms with van der Waals surface area (Å²) in [4.78, 5) is 16.6. The van der Waals surface area contributed by atoms with E-state index in [1.165, 1.54) is 11.1 Å². The second-order valence-electron chi connectivity index (χ2n) is 7.96. The van der Waals surface area contributed by atoms with Crippen molar-refractivity contribution >= 4 is 29.1 Å². The molecule has 0 aliphatic carbocycles. The number of rotatable bonds is 3. The number of piperazine rings is 1. The van der Waals surface area contributed by atoms with Crippen molar-refractivity contribution in [2.24, 2.45) is 0 Å². The van der Waals surface area contributed by atoms with E-state index in [9.17, 15) is 4.79 Å². The van der Waals surface area contributed by atoms with E-state index >= 15 is 0 Å². The highest BCUT2D eigenvalue weighted by atomic mass is 35.5. The number of anilines is 2. The lowest BCUT2D eigenvalue weighted by atomic mass is 10.0. The van der Waals surface area contributed by atoms with Crippen LogP contribution in [0.4, 0.5) is 16.3 Å². The third-order valence-corrected chi connectivity index (χ3v) is 6.04. The molecule has 160 valence electrons. The van der Waals surface area contributed by atoms with Gasteiger partial charge < -0.3 is 15.1 Å². The van der Waals surface area contributed by atoms with Crippen LogP contribution in [0.1, 0.15) is 16.7 Å². The molecule has 2 aromatic carbocycles. The minimum atomic E-state index is -0.136. The van der Waals surface area contributed by atoms with Crippen molar-refractivity contribution < 1.29 is 4.79 Å². The maximum Gasteiger partial charge on any atom is 0.322 e. The zero-order valence-electron chi connectivity index (χ0n) is 18.0. The van der Waals surface area contributed by atoms with Crippen LogP contribution in [0.2, 0.25) is 5.02 Å². The highest BCUT2D eigenvalue weighted by molar-refractivity contribution is 6.33. The lowest BCUT2D eigenvalue weighted by Gasteiger charge is -2.35. The Kier molecular flexibility index (Phi) is 6.09. The van der Waals surface area contributed by atoms with Gasteiger partial charge in [-0.1, -0.05) is 29.8 Å². The molecule has 3 aromatic rings. The van der Waals surface area contributed by atoms with Crippen molar-refractivity contribution in [2.45, 2.75) is 20.8 Å². The molecule has 1 saturated heterocycles. The molecule has 1 aliphatic heterocycles. The van der Waals surface area contributed by atoms with Gasteiger partial charge in [0, 0.05) is 31.7 Å². The Morgan fingerprint density at radius 1 is 0.903 bits per heavy atom. The van der Waals surface area contributed by atoms with Crippen molar-refractivity contribution in [1.82, 2.24) is 15.1 Å². The van der Waals surface area contributed by atoms with Gasteiger partial charge in [-0.15, -0.1) is 10.2 Å². The molecule has 6 nitrogen and oxygen atoms in total. The first-order valence-electron chi connectivity index (χ1n) is 10.4. The van der Waals surface area contributed by atoms with Gasteiger partial charge in [0.15, 0.2) is 5.82 Å². The van der Waals surface area contributed by atoms with Crippen molar-refractivity contribution in [3.05, 3.63) is 70.2 Å². The first-order valence-corrected chi connectivity index (χ1v) is 10.8. The van der Waals surface area contributed by atoms with E-state index < -0.39 is 0 Å². The largest absolute Gasteiger partial charge is 0.352 e. The van der Waals surface area contributed by atoms with Gasteiger partial charge in [-0.2, -0.15) is 0 Å². The summed E-state index contributed by atoms with van der Waals surface area (Å²) in [6, 6.07) is 15.8. The Hall–Kier alpha value is -3.12. The Bertz CT molecular complexity index is 1090. The molecule has 1 fully saturated rings. The Labute approximate surface area is 187 Å². The SMILES string of the molecule is Cc1ccc(Cl)c(NC(=O)N2CCN(c3ccc(-c4ccc(C)c(C)c4)nn3)CC2)c1. The van der Waals surface area contributed by atoms with Crippen molar-refractivity contribution in [2.75, 3.05) is 36.4 Å². The minimum absolute atomic E-state index is 0.136. The number of amides is 2. The Balaban J connectivity index is 1.36. The summed E-state index contributed by atoms with van der Waals surface area (Å²) in [5, 5.41) is 12.3. The molecule has 0 saturated carbocycles. The molecule has 4 rings (SSSR count). The van der Waals surface area contributed by atoms with Crippen molar-refractivity contribution in [1.29, 1.82) is 0 Å². The van der Waals surface area contributed by atoms with Crippen LogP contribution in [0, 0.1) is 20.8 Å². The van der Waals surface area contributed by atoms with Crippen LogP contribution in [-0.4, -0.2) is 47.3 Å². The average Bonchev–Trinajstić information content (AvgIpc) is 2.78. The second-order valence-corrected chi connectivity index (χ2v) is 8.37. The van der Waals surface area contributed by atoms with Gasteiger partial charge in [-0.05, 0) is 67.8 Å². The lowest BCUT2D eigenvalue weighted by Crippen LogP contribution is -2.50. The molecule has 1 aromatic heterocycles. The zero-order valence-corrected chi connectivity index (χ0v) is 18.8. The van der Waals surface area contributed by atoms with Crippen molar-refractivity contribution in [3.8, 4) is 11.3 Å². The monoisotopic (exact) mass is 435 g/mol. The number of hydrogen-bond donors (Lipinski definition) is 1. The zero-order chi connectivity index (χ0) is 22.0. The van der Waals surface area contributed by atoms with Crippen LogP contribution < -0.4 is 10.2 Å². The van der Waals surface area contributed by atoms with Crippen LogP contribution in [0.3, 0.4) is 0 Å². The minimum Gasteiger partial charge on any atom is -0.352 e. The van der Waals surface area contributed by atoms with Crippen molar-refractivity contribution in [3.63, 3.8) is 0 Å². The average molecular weight is 436 g/mol. The number of nitrogens with zero attached hydrogens (tertiary/aromatic N) is 4. The smallest absolute Gasteiger partial charge is 0.322 e. The number of nitrogens with one attached hydrogen (secondary N) is 1. The molecule has 0 spiro atoms. The van der Waals surface area contributed by atoms with Gasteiger partial charge in [0.25, 0.3) is 0 Å². The number of urea groups is 1. The van der Waals surface area contributed by atoms with Crippen LogP contribution in [0.15, 0.2) is 48.5 Å². The van der Waals surface area contributed by atoms with Gasteiger partial charge in [-0.25, -0.2) is 4.79 Å². The van der Waals surface area contributed by atoms with E-state index in [0.717, 1.165) is 22.6 Å². The van der Waals surface area contributed by atoms with Gasteiger partial charge >= 0.3 is 6.03 Å². The highest BCUT2D eigenvalue weighted by Gasteiger charge is 2.22. The number of aromatic nitrogens is 2. The summed E-state index contributed by atoms with van der Waals surface area (Å²) in [6.45, 7) is 8.79. The summed E-state index contributed by atoms with van der Waals surface area (Å²) in [6.07, 6.45) is 0. The third kappa shape index (κ3) is 4.80. The number of carbonyl (C=O) groups is 1. The normalized spacial score (nSPS) is 13.9. The molecule has 31 heavy (non-hydrogen) atoms. The standard InChI is InChI=1S/C24H26ClN5O/c1-16-4-7-20(25)22(14-16)26-24(31)30-12-10-29(11-13-30)23-9-8-21(27-28-23)19-6-5-17(2)18(3)15-19/h4-9,14-15H,10-13H2,1-3H3,(H,26,31). The van der Waals surface area contributed by atoms with Gasteiger partial charge in [0.1, 0.15) is 0 Å². The molecule has 0 bridgehead atoms. The molecule has 1 aliphatic rings. The first-order chi connectivity index (χ1) is 14.9. The van der Waals surface area contributed by atoms with E-state index in [1.807, 2.05) is 31.2 Å². The number of halogens is 1. The summed E-state index contributed by atoms with van der Waals surface area (Å²) < 4.78 is 0. The van der Waals surface area contributed by atoms with E-state index in [0.29, 0.717) is 36.9 Å². The predicted molar refractivity (Wildman–Crippen MR) is 126 cm³/mol. The number of benzene rings is 2. The Morgan fingerprint density at radius 2 is 1.68 bits per heavy atom. The second kappa shape index (κ2) is 8.94. The Morgan fingerprint density at radius 3 is 2.35 bits per heavy atom. The predicted octanol–water partition coefficient (Wildman–Crippen LogP) is 5.08. The van der Waals surface area contributed by atoms with Crippen LogP contribution in [0.5, 0.6) is 0 Å². The number of carbonyl (C=O) groups excluding carboxylic acids is 1. The van der Waals surface area contributed by atoms with Crippen LogP contribution >= 0.6 is 11.6 Å². The van der Waals surface area contributed by atoms with E-state index in [4.69, 9.17) is 11.6 Å². The fourth-order valence-electron chi connectivity index (χ4n) is 3.62. The highest BCUT2D eigenvalue weighted by Crippen LogP contribution is 2.24. The number of aryl methyl sites for hydroxylation is 3. The molecule has 0 radical (unpaired) electrons. The van der Waals surface area contributed by atoms with E-state index in [-0.39, 0.29) is 6.03 Å². The first kappa shape index (κ1) is 21.1. The van der Waals surface area contributed by atoms with Gasteiger partial charge in [0.2, 0.25) is 0 Å². The quantitative estimate of drug-likeness (QED) is 0.623. The molecular formula is C24H26ClN5O. The molecule has 7 heteroatoms. The molecule has 2 heterocycles. The van der Waals surface area contributed by atoms with Crippen LogP contribution in [0.25, 0.3) is 11.3 Å². The van der Waals surface area contributed by atoms with Gasteiger partial charge in [-0.3, -0.25) is 0 Å². The molecule has 2 amide bonds. The summed E-state index contributed by atoms with van der Waals surface area (Å²) in [7, 11) is 0. The number of hydrogen-bond acceptors (Lipinski definition) is 4. The molecule has 0 unspecified atom stereocenters. The molecule has 1 N–H and O–H groups in total. The van der Waals surface area contributed by atoms with E-state index in [1.54, 1.807) is 11.0 Å². The summed E-state index contributed by atoms with van der Waals surface area (Å²) in [5.74, 6) is 0.828. The summed E-state index contributed by atoms with van der Waals surface area (Å²) in [5.41, 5.74) is 6.12. The maximum atomic E-state index is 12.6. The lowest BCUT2D eigenvalue weighted by molar-refractivity contribution is 0.208. The fraction of sp³-hybridized carbons (Fsp3) is 0.292. The topological polar surface area (TPSA) is 61.4 Å². The fourth-order valence-corrected chi connectivity index (χ4v) is 3.78. The third-order valence-electron chi connectivity index (χ3n) is 5.71. The van der Waals surface area contributed by atoms with Crippen LogP contribution in [-0.2, 0) is 0 Å². The molecule has 0 atom stereocenters. The maximum absolute atomic E-state index is 12.6. The van der Waals surface area contributed by atoms with Gasteiger partial charge in [0.05, 0.1) is 16.4 Å². The summed E-state index contributed by atoms with van der Waals surface area (Å²) >= 11 is 6.20. The van der Waals surface area contributed by atoms with E-state index in [2.05, 4.69) is 52.5 Å².